The molecule has 0 saturated heterocycles. The number of aromatic nitrogens is 3. The first-order valence-corrected chi connectivity index (χ1v) is 10.4. The molecule has 0 aliphatic heterocycles. The van der Waals surface area contributed by atoms with Crippen LogP contribution < -0.4 is 19.6 Å². The van der Waals surface area contributed by atoms with Crippen LogP contribution >= 0.6 is 11.3 Å². The highest BCUT2D eigenvalue weighted by atomic mass is 32.1. The Balaban J connectivity index is 1.69. The molecule has 29 heavy (non-hydrogen) atoms. The van der Waals surface area contributed by atoms with E-state index in [2.05, 4.69) is 17.0 Å². The van der Waals surface area contributed by atoms with E-state index in [1.54, 1.807) is 0 Å². The summed E-state index contributed by atoms with van der Waals surface area (Å²) in [5.74, 6) is 2.08. The highest BCUT2D eigenvalue weighted by molar-refractivity contribution is 7.15. The molecule has 2 aromatic carbocycles. The maximum absolute atomic E-state index is 12.8. The Morgan fingerprint density at radius 1 is 1.07 bits per heavy atom. The zero-order valence-corrected chi connectivity index (χ0v) is 17.1. The van der Waals surface area contributed by atoms with Crippen LogP contribution in [0.5, 0.6) is 11.5 Å². The van der Waals surface area contributed by atoms with Gasteiger partial charge in [0.05, 0.1) is 17.7 Å². The van der Waals surface area contributed by atoms with Gasteiger partial charge in [-0.3, -0.25) is 4.79 Å². The Hall–Kier alpha value is -3.19. The molecule has 148 valence electrons. The van der Waals surface area contributed by atoms with Crippen LogP contribution in [0.1, 0.15) is 25.8 Å². The van der Waals surface area contributed by atoms with Crippen LogP contribution in [0.3, 0.4) is 0 Å². The van der Waals surface area contributed by atoms with Crippen LogP contribution in [-0.4, -0.2) is 27.8 Å². The average Bonchev–Trinajstić information content (AvgIpc) is 3.28. The first-order valence-electron chi connectivity index (χ1n) is 9.56. The lowest BCUT2D eigenvalue weighted by Crippen LogP contribution is -2.23. The van der Waals surface area contributed by atoms with Crippen LogP contribution in [-0.2, 0) is 0 Å². The van der Waals surface area contributed by atoms with E-state index < -0.39 is 0 Å². The summed E-state index contributed by atoms with van der Waals surface area (Å²) in [6.45, 7) is 5.25. The van der Waals surface area contributed by atoms with Crippen molar-refractivity contribution in [2.75, 3.05) is 13.2 Å². The van der Waals surface area contributed by atoms with Crippen molar-refractivity contribution in [3.63, 3.8) is 0 Å². The van der Waals surface area contributed by atoms with E-state index in [1.807, 2.05) is 61.5 Å². The molecule has 0 atom stereocenters. The van der Waals surface area contributed by atoms with Crippen molar-refractivity contribution in [3.8, 4) is 22.9 Å². The van der Waals surface area contributed by atoms with Gasteiger partial charge in [0.25, 0.3) is 5.56 Å². The van der Waals surface area contributed by atoms with Gasteiger partial charge in [-0.25, -0.2) is 0 Å². The molecule has 0 unspecified atom stereocenters. The number of hydrogen-bond acceptors (Lipinski definition) is 6. The number of fused-ring (bicyclic) bond motifs is 1. The number of para-hydroxylation sites is 1. The second-order valence-electron chi connectivity index (χ2n) is 6.39. The summed E-state index contributed by atoms with van der Waals surface area (Å²) in [6.07, 6.45) is 2.76. The van der Waals surface area contributed by atoms with Gasteiger partial charge in [0.1, 0.15) is 11.5 Å². The van der Waals surface area contributed by atoms with E-state index in [0.29, 0.717) is 28.5 Å². The number of nitrogens with zero attached hydrogens (tertiary/aromatic N) is 3. The van der Waals surface area contributed by atoms with Gasteiger partial charge in [-0.1, -0.05) is 36.5 Å². The molecule has 0 N–H and O–H groups in total. The normalized spacial score (nSPS) is 11.9. The molecule has 0 saturated carbocycles. The van der Waals surface area contributed by atoms with E-state index in [4.69, 9.17) is 9.47 Å². The van der Waals surface area contributed by atoms with Crippen molar-refractivity contribution in [2.45, 2.75) is 20.3 Å². The van der Waals surface area contributed by atoms with Crippen molar-refractivity contribution in [1.29, 1.82) is 0 Å². The van der Waals surface area contributed by atoms with Gasteiger partial charge in [-0.2, -0.15) is 9.50 Å². The molecule has 0 aliphatic carbocycles. The fraction of sp³-hybridized carbons (Fsp3) is 0.227. The smallest absolute Gasteiger partial charge is 0.291 e. The highest BCUT2D eigenvalue weighted by Gasteiger charge is 2.12. The number of rotatable bonds is 7. The molecule has 0 spiro atoms. The minimum Gasteiger partial charge on any atom is -0.494 e. The standard InChI is InChI=1S/C22H21N3O3S/c1-3-13-28-18-8-6-5-7-16(18)14-19-21(26)25-22(29-19)23-20(24-25)15-9-11-17(12-10-15)27-4-2/h5-12,14H,3-4,13H2,1-2H3. The largest absolute Gasteiger partial charge is 0.494 e. The van der Waals surface area contributed by atoms with Crippen molar-refractivity contribution in [3.05, 3.63) is 69.0 Å². The summed E-state index contributed by atoms with van der Waals surface area (Å²) in [7, 11) is 0. The Bertz CT molecular complexity index is 1230. The summed E-state index contributed by atoms with van der Waals surface area (Å²) >= 11 is 1.32. The summed E-state index contributed by atoms with van der Waals surface area (Å²) < 4.78 is 13.2. The first-order chi connectivity index (χ1) is 14.2. The highest BCUT2D eigenvalue weighted by Crippen LogP contribution is 2.21. The van der Waals surface area contributed by atoms with Gasteiger partial charge in [0.2, 0.25) is 4.96 Å². The van der Waals surface area contributed by atoms with Gasteiger partial charge >= 0.3 is 0 Å². The van der Waals surface area contributed by atoms with Gasteiger partial charge < -0.3 is 9.47 Å². The third-order valence-electron chi connectivity index (χ3n) is 4.27. The summed E-state index contributed by atoms with van der Waals surface area (Å²) in [5, 5.41) is 4.40. The quantitative estimate of drug-likeness (QED) is 0.469. The lowest BCUT2D eigenvalue weighted by Gasteiger charge is -2.07. The van der Waals surface area contributed by atoms with Gasteiger partial charge in [0.15, 0.2) is 5.82 Å². The SMILES string of the molecule is CCCOc1ccccc1C=c1sc2nc(-c3ccc(OCC)cc3)nn2c1=O. The molecule has 0 amide bonds. The predicted molar refractivity (Wildman–Crippen MR) is 115 cm³/mol. The Morgan fingerprint density at radius 3 is 2.59 bits per heavy atom. The lowest BCUT2D eigenvalue weighted by atomic mass is 10.2. The summed E-state index contributed by atoms with van der Waals surface area (Å²) in [5.41, 5.74) is 1.53. The first kappa shape index (κ1) is 19.1. The van der Waals surface area contributed by atoms with E-state index in [9.17, 15) is 4.79 Å². The van der Waals surface area contributed by atoms with Gasteiger partial charge in [-0.05, 0) is 49.8 Å². The topological polar surface area (TPSA) is 65.7 Å². The minimum atomic E-state index is -0.181. The third-order valence-corrected chi connectivity index (χ3v) is 5.23. The molecule has 6 nitrogen and oxygen atoms in total. The zero-order chi connectivity index (χ0) is 20.2. The van der Waals surface area contributed by atoms with Crippen LogP contribution in [0.15, 0.2) is 53.3 Å². The molecule has 0 aliphatic rings. The van der Waals surface area contributed by atoms with Crippen molar-refractivity contribution in [2.24, 2.45) is 0 Å². The Labute approximate surface area is 172 Å². The average molecular weight is 407 g/mol. The molecule has 7 heteroatoms. The Kier molecular flexibility index (Phi) is 5.57. The van der Waals surface area contributed by atoms with Crippen LogP contribution in [0.2, 0.25) is 0 Å². The molecular formula is C22H21N3O3S. The molecule has 0 radical (unpaired) electrons. The Morgan fingerprint density at radius 2 is 1.86 bits per heavy atom. The number of thiazole rings is 1. The second-order valence-corrected chi connectivity index (χ2v) is 7.40. The fourth-order valence-electron chi connectivity index (χ4n) is 2.91. The van der Waals surface area contributed by atoms with Crippen LogP contribution in [0.4, 0.5) is 0 Å². The fourth-order valence-corrected chi connectivity index (χ4v) is 3.81. The third kappa shape index (κ3) is 4.00. The minimum absolute atomic E-state index is 0.181. The van der Waals surface area contributed by atoms with Crippen molar-refractivity contribution in [1.82, 2.24) is 14.6 Å². The predicted octanol–water partition coefficient (Wildman–Crippen LogP) is 3.55. The molecule has 0 bridgehead atoms. The van der Waals surface area contributed by atoms with Crippen molar-refractivity contribution < 1.29 is 9.47 Å². The summed E-state index contributed by atoms with van der Waals surface area (Å²) in [4.78, 5) is 17.9. The van der Waals surface area contributed by atoms with E-state index in [0.717, 1.165) is 29.0 Å². The van der Waals surface area contributed by atoms with E-state index in [1.165, 1.54) is 15.9 Å². The molecule has 0 fully saturated rings. The van der Waals surface area contributed by atoms with Gasteiger partial charge in [0, 0.05) is 11.1 Å². The molecule has 2 heterocycles. The maximum atomic E-state index is 12.8. The monoisotopic (exact) mass is 407 g/mol. The number of ether oxygens (including phenoxy) is 2. The molecule has 4 aromatic rings. The molecular weight excluding hydrogens is 386 g/mol. The lowest BCUT2D eigenvalue weighted by molar-refractivity contribution is 0.317. The van der Waals surface area contributed by atoms with E-state index >= 15 is 0 Å². The number of hydrogen-bond donors (Lipinski definition) is 0. The maximum Gasteiger partial charge on any atom is 0.291 e. The van der Waals surface area contributed by atoms with Gasteiger partial charge in [-0.15, -0.1) is 5.10 Å². The molecule has 4 rings (SSSR count). The number of benzene rings is 2. The zero-order valence-electron chi connectivity index (χ0n) is 16.3. The molecule has 2 aromatic heterocycles. The summed E-state index contributed by atoms with van der Waals surface area (Å²) in [6, 6.07) is 15.2. The van der Waals surface area contributed by atoms with Crippen molar-refractivity contribution >= 4 is 22.4 Å². The van der Waals surface area contributed by atoms with E-state index in [-0.39, 0.29) is 5.56 Å². The van der Waals surface area contributed by atoms with Crippen LogP contribution in [0.25, 0.3) is 22.4 Å². The van der Waals surface area contributed by atoms with Crippen LogP contribution in [0, 0.1) is 0 Å². The second kappa shape index (κ2) is 8.45.